The number of aryl methyl sites for hydroxylation is 1. The Morgan fingerprint density at radius 1 is 1.47 bits per heavy atom. The first-order valence-electron chi connectivity index (χ1n) is 5.42. The van der Waals surface area contributed by atoms with Gasteiger partial charge in [0.2, 0.25) is 4.77 Å². The van der Waals surface area contributed by atoms with Crippen molar-refractivity contribution in [2.45, 2.75) is 13.5 Å². The standard InChI is InChI=1S/C11H12Cl2N4OS/c1-6-15-16-11(19)17(6)14-5-7-3-8(12)4-9(13)10(7)18-2/h3-4,14H,5H2,1-2H3,(H,16,19). The number of halogens is 2. The van der Waals surface area contributed by atoms with Crippen LogP contribution in [0.15, 0.2) is 12.1 Å². The zero-order chi connectivity index (χ0) is 14.0. The van der Waals surface area contributed by atoms with Crippen molar-refractivity contribution in [1.82, 2.24) is 14.9 Å². The van der Waals surface area contributed by atoms with Crippen molar-refractivity contribution >= 4 is 35.4 Å². The van der Waals surface area contributed by atoms with Gasteiger partial charge in [0.15, 0.2) is 0 Å². The molecule has 0 unspecified atom stereocenters. The number of methoxy groups -OCH3 is 1. The molecule has 5 nitrogen and oxygen atoms in total. The second-order valence-corrected chi connectivity index (χ2v) is 5.06. The predicted molar refractivity (Wildman–Crippen MR) is 78.2 cm³/mol. The molecule has 8 heteroatoms. The number of hydrogen-bond acceptors (Lipinski definition) is 4. The highest BCUT2D eigenvalue weighted by molar-refractivity contribution is 7.71. The van der Waals surface area contributed by atoms with Gasteiger partial charge in [-0.15, -0.1) is 0 Å². The molecule has 0 atom stereocenters. The Hall–Kier alpha value is -1.24. The monoisotopic (exact) mass is 318 g/mol. The number of hydrogen-bond donors (Lipinski definition) is 2. The largest absolute Gasteiger partial charge is 0.495 e. The molecule has 0 aliphatic rings. The first-order chi connectivity index (χ1) is 9.02. The Balaban J connectivity index is 2.27. The van der Waals surface area contributed by atoms with E-state index in [1.165, 1.54) is 0 Å². The lowest BCUT2D eigenvalue weighted by Gasteiger charge is -2.13. The van der Waals surface area contributed by atoms with Gasteiger partial charge in [-0.3, -0.25) is 5.10 Å². The molecule has 0 spiro atoms. The molecule has 0 aliphatic heterocycles. The highest BCUT2D eigenvalue weighted by Gasteiger charge is 2.10. The van der Waals surface area contributed by atoms with Crippen LogP contribution in [0.1, 0.15) is 11.4 Å². The molecule has 2 aromatic rings. The van der Waals surface area contributed by atoms with Gasteiger partial charge in [0, 0.05) is 10.6 Å². The number of H-pyrrole nitrogens is 1. The van der Waals surface area contributed by atoms with Gasteiger partial charge >= 0.3 is 0 Å². The van der Waals surface area contributed by atoms with E-state index in [0.717, 1.165) is 11.4 Å². The number of ether oxygens (including phenoxy) is 1. The van der Waals surface area contributed by atoms with Gasteiger partial charge < -0.3 is 10.2 Å². The fourth-order valence-corrected chi connectivity index (χ4v) is 2.55. The zero-order valence-corrected chi connectivity index (χ0v) is 12.7. The zero-order valence-electron chi connectivity index (χ0n) is 10.3. The van der Waals surface area contributed by atoms with Crippen molar-refractivity contribution in [1.29, 1.82) is 0 Å². The highest BCUT2D eigenvalue weighted by Crippen LogP contribution is 2.32. The molecule has 0 radical (unpaired) electrons. The Morgan fingerprint density at radius 2 is 2.21 bits per heavy atom. The molecule has 1 aromatic heterocycles. The van der Waals surface area contributed by atoms with Crippen LogP contribution < -0.4 is 10.2 Å². The van der Waals surface area contributed by atoms with Gasteiger partial charge in [-0.2, -0.15) is 5.10 Å². The minimum absolute atomic E-state index is 0.456. The molecule has 2 N–H and O–H groups in total. The van der Waals surface area contributed by atoms with Crippen LogP contribution in [-0.4, -0.2) is 22.0 Å². The van der Waals surface area contributed by atoms with Gasteiger partial charge in [-0.25, -0.2) is 4.68 Å². The normalized spacial score (nSPS) is 10.5. The van der Waals surface area contributed by atoms with Gasteiger partial charge in [-0.1, -0.05) is 23.2 Å². The van der Waals surface area contributed by atoms with E-state index in [1.54, 1.807) is 23.9 Å². The van der Waals surface area contributed by atoms with Gasteiger partial charge in [-0.05, 0) is 31.3 Å². The maximum Gasteiger partial charge on any atom is 0.214 e. The summed E-state index contributed by atoms with van der Waals surface area (Å²) in [4.78, 5) is 0. The molecule has 0 fully saturated rings. The predicted octanol–water partition coefficient (Wildman–Crippen LogP) is 3.31. The molecule has 19 heavy (non-hydrogen) atoms. The molecular formula is C11H12Cl2N4OS. The summed E-state index contributed by atoms with van der Waals surface area (Å²) in [5.74, 6) is 1.32. The van der Waals surface area contributed by atoms with Crippen molar-refractivity contribution in [3.8, 4) is 5.75 Å². The van der Waals surface area contributed by atoms with Gasteiger partial charge in [0.05, 0.1) is 18.7 Å². The highest BCUT2D eigenvalue weighted by atomic mass is 35.5. The van der Waals surface area contributed by atoms with E-state index in [2.05, 4.69) is 15.6 Å². The minimum atomic E-state index is 0.456. The molecule has 0 saturated heterocycles. The SMILES string of the molecule is COc1c(Cl)cc(Cl)cc1CNn1c(C)n[nH]c1=S. The van der Waals surface area contributed by atoms with Crippen LogP contribution >= 0.6 is 35.4 Å². The lowest BCUT2D eigenvalue weighted by Crippen LogP contribution is -2.16. The van der Waals surface area contributed by atoms with Crippen LogP contribution in [0.5, 0.6) is 5.75 Å². The van der Waals surface area contributed by atoms with Crippen molar-refractivity contribution in [2.75, 3.05) is 12.5 Å². The first kappa shape index (κ1) is 14.2. The van der Waals surface area contributed by atoms with E-state index in [-0.39, 0.29) is 0 Å². The summed E-state index contributed by atoms with van der Waals surface area (Å²) < 4.78 is 7.43. The molecule has 2 rings (SSSR count). The van der Waals surface area contributed by atoms with Gasteiger partial charge in [0.1, 0.15) is 11.6 Å². The lowest BCUT2D eigenvalue weighted by molar-refractivity contribution is 0.410. The fourth-order valence-electron chi connectivity index (χ4n) is 1.70. The average molecular weight is 319 g/mol. The van der Waals surface area contributed by atoms with E-state index < -0.39 is 0 Å². The molecule has 0 aliphatic carbocycles. The first-order valence-corrected chi connectivity index (χ1v) is 6.59. The van der Waals surface area contributed by atoms with E-state index >= 15 is 0 Å². The molecule has 1 aromatic carbocycles. The van der Waals surface area contributed by atoms with E-state index in [4.69, 9.17) is 40.2 Å². The molecule has 1 heterocycles. The van der Waals surface area contributed by atoms with Crippen molar-refractivity contribution in [3.05, 3.63) is 38.3 Å². The topological polar surface area (TPSA) is 54.9 Å². The van der Waals surface area contributed by atoms with Gasteiger partial charge in [0.25, 0.3) is 0 Å². The summed E-state index contributed by atoms with van der Waals surface area (Å²) in [6.45, 7) is 2.29. The number of rotatable bonds is 4. The van der Waals surface area contributed by atoms with Crippen molar-refractivity contribution < 1.29 is 4.74 Å². The lowest BCUT2D eigenvalue weighted by atomic mass is 10.2. The number of aromatic amines is 1. The van der Waals surface area contributed by atoms with Crippen LogP contribution in [0.4, 0.5) is 0 Å². The molecular weight excluding hydrogens is 307 g/mol. The summed E-state index contributed by atoms with van der Waals surface area (Å²) >= 11 is 17.2. The Bertz CT molecular complexity index is 653. The van der Waals surface area contributed by atoms with E-state index in [9.17, 15) is 0 Å². The summed E-state index contributed by atoms with van der Waals surface area (Å²) in [6, 6.07) is 3.43. The number of aromatic nitrogens is 3. The van der Waals surface area contributed by atoms with E-state index in [1.807, 2.05) is 6.92 Å². The summed E-state index contributed by atoms with van der Waals surface area (Å²) in [6.07, 6.45) is 0. The third kappa shape index (κ3) is 3.02. The summed E-state index contributed by atoms with van der Waals surface area (Å²) in [7, 11) is 1.56. The third-order valence-corrected chi connectivity index (χ3v) is 3.33. The third-order valence-electron chi connectivity index (χ3n) is 2.56. The van der Waals surface area contributed by atoms with Crippen LogP contribution in [0, 0.1) is 11.7 Å². The van der Waals surface area contributed by atoms with Crippen molar-refractivity contribution in [2.24, 2.45) is 0 Å². The Morgan fingerprint density at radius 3 is 2.79 bits per heavy atom. The second kappa shape index (κ2) is 5.81. The Labute approximate surface area is 125 Å². The van der Waals surface area contributed by atoms with Crippen LogP contribution in [0.2, 0.25) is 10.0 Å². The van der Waals surface area contributed by atoms with Crippen LogP contribution in [0.3, 0.4) is 0 Å². The second-order valence-electron chi connectivity index (χ2n) is 3.83. The van der Waals surface area contributed by atoms with Crippen LogP contribution in [0.25, 0.3) is 0 Å². The maximum absolute atomic E-state index is 6.07. The molecule has 0 amide bonds. The fraction of sp³-hybridized carbons (Fsp3) is 0.273. The Kier molecular flexibility index (Phi) is 4.34. The summed E-state index contributed by atoms with van der Waals surface area (Å²) in [5.41, 5.74) is 3.96. The molecule has 0 saturated carbocycles. The smallest absolute Gasteiger partial charge is 0.214 e. The quantitative estimate of drug-likeness (QED) is 0.849. The van der Waals surface area contributed by atoms with Crippen molar-refractivity contribution in [3.63, 3.8) is 0 Å². The minimum Gasteiger partial charge on any atom is -0.495 e. The number of benzene rings is 1. The average Bonchev–Trinajstić information content (AvgIpc) is 2.66. The summed E-state index contributed by atoms with van der Waals surface area (Å²) in [5, 5.41) is 7.72. The molecule has 0 bridgehead atoms. The maximum atomic E-state index is 6.07. The van der Waals surface area contributed by atoms with Crippen LogP contribution in [-0.2, 0) is 6.54 Å². The number of nitrogens with one attached hydrogen (secondary N) is 2. The molecule has 102 valence electrons. The van der Waals surface area contributed by atoms with E-state index in [0.29, 0.717) is 27.1 Å². The number of nitrogens with zero attached hydrogens (tertiary/aromatic N) is 2.